The van der Waals surface area contributed by atoms with E-state index in [9.17, 15) is 0 Å². The van der Waals surface area contributed by atoms with Crippen LogP contribution in [0.25, 0.3) is 45.0 Å². The van der Waals surface area contributed by atoms with Gasteiger partial charge in [0.1, 0.15) is 22.8 Å². The number of benzene rings is 4. The molecule has 204 valence electrons. The summed E-state index contributed by atoms with van der Waals surface area (Å²) < 4.78 is 0. The molecule has 42 heavy (non-hydrogen) atoms. The van der Waals surface area contributed by atoms with E-state index in [0.29, 0.717) is 10.3 Å². The zero-order chi connectivity index (χ0) is 28.4. The molecule has 0 spiro atoms. The van der Waals surface area contributed by atoms with Crippen LogP contribution in [0, 0.1) is 0 Å². The Kier molecular flexibility index (Phi) is 9.04. The van der Waals surface area contributed by atoms with Gasteiger partial charge >= 0.3 is 0 Å². The minimum atomic E-state index is 0.641. The van der Waals surface area contributed by atoms with Crippen LogP contribution in [0.2, 0.25) is 0 Å². The van der Waals surface area contributed by atoms with Crippen molar-refractivity contribution in [3.8, 4) is 45.0 Å². The standard InChI is InChI=1S/C34H26N6S2/c1-5-15-25(16-6-1)29-31(27-19-9-3-10-20-27)37-39-33(35-29)41-23-13-14-24-42-34-36-30(26-17-7-2-8-18-26)32(38-40-34)28-21-11-4-12-22-28/h1-22H,23-24H2. The highest BCUT2D eigenvalue weighted by atomic mass is 32.2. The van der Waals surface area contributed by atoms with Gasteiger partial charge in [0, 0.05) is 33.8 Å². The quantitative estimate of drug-likeness (QED) is 0.118. The molecule has 0 saturated carbocycles. The summed E-state index contributed by atoms with van der Waals surface area (Å²) in [5, 5.41) is 19.2. The Hall–Kier alpha value is -4.66. The van der Waals surface area contributed by atoms with Crippen LogP contribution >= 0.6 is 23.5 Å². The van der Waals surface area contributed by atoms with E-state index in [-0.39, 0.29) is 0 Å². The Bertz CT molecular complexity index is 1630. The van der Waals surface area contributed by atoms with Crippen LogP contribution in [-0.2, 0) is 0 Å². The lowest BCUT2D eigenvalue weighted by Crippen LogP contribution is -1.99. The smallest absolute Gasteiger partial charge is 0.209 e. The summed E-state index contributed by atoms with van der Waals surface area (Å²) in [5.74, 6) is 1.45. The lowest BCUT2D eigenvalue weighted by Gasteiger charge is -2.09. The Labute approximate surface area is 253 Å². The van der Waals surface area contributed by atoms with E-state index in [4.69, 9.17) is 9.97 Å². The van der Waals surface area contributed by atoms with Crippen molar-refractivity contribution in [3.05, 3.63) is 133 Å². The number of hydrogen-bond donors (Lipinski definition) is 0. The van der Waals surface area contributed by atoms with Gasteiger partial charge in [-0.1, -0.05) is 157 Å². The maximum absolute atomic E-state index is 4.88. The van der Waals surface area contributed by atoms with Gasteiger partial charge in [-0.2, -0.15) is 0 Å². The van der Waals surface area contributed by atoms with Crippen LogP contribution < -0.4 is 0 Å². The topological polar surface area (TPSA) is 77.3 Å². The van der Waals surface area contributed by atoms with Gasteiger partial charge in [-0.15, -0.1) is 20.4 Å². The van der Waals surface area contributed by atoms with Gasteiger partial charge in [0.25, 0.3) is 0 Å². The third kappa shape index (κ3) is 6.79. The highest BCUT2D eigenvalue weighted by Crippen LogP contribution is 2.31. The van der Waals surface area contributed by atoms with Crippen molar-refractivity contribution in [1.82, 2.24) is 30.4 Å². The summed E-state index contributed by atoms with van der Waals surface area (Å²) in [6.45, 7) is 0. The summed E-state index contributed by atoms with van der Waals surface area (Å²) in [4.78, 5) is 9.76. The summed E-state index contributed by atoms with van der Waals surface area (Å²) in [5.41, 5.74) is 7.24. The van der Waals surface area contributed by atoms with Crippen LogP contribution in [-0.4, -0.2) is 41.9 Å². The van der Waals surface area contributed by atoms with Crippen molar-refractivity contribution in [1.29, 1.82) is 0 Å². The van der Waals surface area contributed by atoms with Gasteiger partial charge in [0.05, 0.1) is 0 Å². The molecular formula is C34H26N6S2. The molecule has 2 heterocycles. The summed E-state index contributed by atoms with van der Waals surface area (Å²) in [6, 6.07) is 40.3. The molecule has 0 aliphatic heterocycles. The molecule has 0 aliphatic rings. The summed E-state index contributed by atoms with van der Waals surface area (Å²) >= 11 is 3.11. The molecule has 2 aromatic heterocycles. The fourth-order valence-electron chi connectivity index (χ4n) is 4.30. The maximum Gasteiger partial charge on any atom is 0.209 e. The molecule has 6 rings (SSSR count). The molecule has 0 atom stereocenters. The lowest BCUT2D eigenvalue weighted by molar-refractivity contribution is 0.851. The molecule has 0 fully saturated rings. The average molecular weight is 583 g/mol. The van der Waals surface area contributed by atoms with E-state index in [1.807, 2.05) is 97.1 Å². The number of hydrogen-bond acceptors (Lipinski definition) is 8. The predicted octanol–water partition coefficient (Wildman–Crippen LogP) is 8.17. The molecular weight excluding hydrogens is 557 g/mol. The first kappa shape index (κ1) is 27.5. The van der Waals surface area contributed by atoms with E-state index < -0.39 is 0 Å². The maximum atomic E-state index is 4.88. The molecule has 0 aliphatic carbocycles. The first-order chi connectivity index (χ1) is 20.8. The fourth-order valence-corrected chi connectivity index (χ4v) is 5.57. The summed E-state index contributed by atoms with van der Waals surface area (Å²) in [7, 11) is 0. The first-order valence-electron chi connectivity index (χ1n) is 13.5. The monoisotopic (exact) mass is 582 g/mol. The van der Waals surface area contributed by atoms with Crippen molar-refractivity contribution in [2.24, 2.45) is 0 Å². The minimum absolute atomic E-state index is 0.641. The molecule has 4 aromatic carbocycles. The van der Waals surface area contributed by atoms with Crippen LogP contribution in [0.1, 0.15) is 0 Å². The molecule has 6 aromatic rings. The minimum Gasteiger partial charge on any atom is -0.219 e. The average Bonchev–Trinajstić information content (AvgIpc) is 3.08. The second-order valence-electron chi connectivity index (χ2n) is 9.14. The van der Waals surface area contributed by atoms with E-state index in [2.05, 4.69) is 56.8 Å². The van der Waals surface area contributed by atoms with Crippen molar-refractivity contribution in [3.63, 3.8) is 0 Å². The SMILES string of the molecule is C(=CCSc1nnc(-c2ccccc2)c(-c2ccccc2)n1)CSc1nnc(-c2ccccc2)c(-c2ccccc2)n1. The van der Waals surface area contributed by atoms with Gasteiger partial charge in [-0.25, -0.2) is 9.97 Å². The lowest BCUT2D eigenvalue weighted by atomic mass is 10.0. The first-order valence-corrected chi connectivity index (χ1v) is 15.4. The molecule has 0 N–H and O–H groups in total. The molecule has 0 amide bonds. The van der Waals surface area contributed by atoms with Crippen LogP contribution in [0.4, 0.5) is 0 Å². The zero-order valence-electron chi connectivity index (χ0n) is 22.6. The molecule has 8 heteroatoms. The largest absolute Gasteiger partial charge is 0.219 e. The van der Waals surface area contributed by atoms with Crippen molar-refractivity contribution < 1.29 is 0 Å². The number of aromatic nitrogens is 6. The van der Waals surface area contributed by atoms with Crippen molar-refractivity contribution in [2.75, 3.05) is 11.5 Å². The second kappa shape index (κ2) is 13.8. The second-order valence-corrected chi connectivity index (χ2v) is 11.1. The fraction of sp³-hybridized carbons (Fsp3) is 0.0588. The number of nitrogens with zero attached hydrogens (tertiary/aromatic N) is 6. The van der Waals surface area contributed by atoms with Gasteiger partial charge in [0.15, 0.2) is 0 Å². The Balaban J connectivity index is 1.12. The molecule has 0 bridgehead atoms. The number of thioether (sulfide) groups is 2. The van der Waals surface area contributed by atoms with Crippen LogP contribution in [0.5, 0.6) is 0 Å². The van der Waals surface area contributed by atoms with Gasteiger partial charge in [-0.3, -0.25) is 0 Å². The highest BCUT2D eigenvalue weighted by molar-refractivity contribution is 7.99. The Morgan fingerprint density at radius 1 is 0.381 bits per heavy atom. The van der Waals surface area contributed by atoms with Crippen molar-refractivity contribution >= 4 is 23.5 Å². The zero-order valence-corrected chi connectivity index (χ0v) is 24.2. The third-order valence-electron chi connectivity index (χ3n) is 6.31. The Morgan fingerprint density at radius 2 is 0.690 bits per heavy atom. The third-order valence-corrected chi connectivity index (χ3v) is 7.89. The molecule has 0 unspecified atom stereocenters. The Morgan fingerprint density at radius 3 is 1.02 bits per heavy atom. The van der Waals surface area contributed by atoms with E-state index in [1.54, 1.807) is 23.5 Å². The van der Waals surface area contributed by atoms with E-state index >= 15 is 0 Å². The molecule has 0 radical (unpaired) electrons. The number of rotatable bonds is 10. The van der Waals surface area contributed by atoms with E-state index in [0.717, 1.165) is 56.5 Å². The molecule has 6 nitrogen and oxygen atoms in total. The van der Waals surface area contributed by atoms with Crippen molar-refractivity contribution in [2.45, 2.75) is 10.3 Å². The van der Waals surface area contributed by atoms with E-state index in [1.165, 1.54) is 0 Å². The normalized spacial score (nSPS) is 11.1. The van der Waals surface area contributed by atoms with Gasteiger partial charge in [0.2, 0.25) is 10.3 Å². The van der Waals surface area contributed by atoms with Crippen LogP contribution in [0.15, 0.2) is 144 Å². The highest BCUT2D eigenvalue weighted by Gasteiger charge is 2.14. The van der Waals surface area contributed by atoms with Gasteiger partial charge < -0.3 is 0 Å². The van der Waals surface area contributed by atoms with Gasteiger partial charge in [-0.05, 0) is 0 Å². The van der Waals surface area contributed by atoms with Crippen LogP contribution in [0.3, 0.4) is 0 Å². The molecule has 0 saturated heterocycles. The summed E-state index contributed by atoms with van der Waals surface area (Å²) in [6.07, 6.45) is 4.22. The predicted molar refractivity (Wildman–Crippen MR) is 172 cm³/mol.